The largest absolute Gasteiger partial charge is 0.393 e. The maximum Gasteiger partial charge on any atom is 0.393 e. The molecule has 0 bridgehead atoms. The zero-order chi connectivity index (χ0) is 14.0. The third-order valence-corrected chi connectivity index (χ3v) is 4.05. The maximum absolute atomic E-state index is 12.7. The van der Waals surface area contributed by atoms with Crippen molar-refractivity contribution in [1.29, 1.82) is 0 Å². The molecule has 1 aliphatic heterocycles. The van der Waals surface area contributed by atoms with Gasteiger partial charge in [0.1, 0.15) is 0 Å². The summed E-state index contributed by atoms with van der Waals surface area (Å²) in [5.41, 5.74) is 1.21. The number of halogens is 4. The topological polar surface area (TPSA) is 20.3 Å². The first-order valence-corrected chi connectivity index (χ1v) is 6.77. The molecule has 6 heteroatoms. The number of nitrogens with zero attached hydrogens (tertiary/aromatic N) is 1. The molecule has 1 heterocycles. The number of hydrogen-bond donors (Lipinski definition) is 0. The summed E-state index contributed by atoms with van der Waals surface area (Å²) in [5, 5.41) is 0. The summed E-state index contributed by atoms with van der Waals surface area (Å²) in [4.78, 5) is 12.4. The Morgan fingerprint density at radius 2 is 2.11 bits per heavy atom. The van der Waals surface area contributed by atoms with Crippen LogP contribution in [0.4, 0.5) is 18.9 Å². The van der Waals surface area contributed by atoms with Crippen LogP contribution in [0.2, 0.25) is 0 Å². The summed E-state index contributed by atoms with van der Waals surface area (Å²) < 4.78 is 38.8. The van der Waals surface area contributed by atoms with Gasteiger partial charge in [-0.05, 0) is 47.0 Å². The maximum atomic E-state index is 12.7. The van der Waals surface area contributed by atoms with E-state index in [1.165, 1.54) is 0 Å². The van der Waals surface area contributed by atoms with Gasteiger partial charge < -0.3 is 4.90 Å². The van der Waals surface area contributed by atoms with E-state index in [4.69, 9.17) is 0 Å². The molecule has 0 saturated carbocycles. The van der Waals surface area contributed by atoms with Gasteiger partial charge >= 0.3 is 6.18 Å². The zero-order valence-electron chi connectivity index (χ0n) is 10.1. The number of alkyl halides is 3. The molecule has 0 aliphatic carbocycles. The molecule has 1 aliphatic rings. The van der Waals surface area contributed by atoms with Crippen LogP contribution in [0.3, 0.4) is 0 Å². The van der Waals surface area contributed by atoms with Crippen LogP contribution >= 0.6 is 15.9 Å². The standard InChI is InChI=1S/C13H13BrF3NO/c14-12-6-11(4-3-9(12)8-19)18-5-1-2-10(7-18)13(15,16)17/h3-4,6,8,10H,1-2,5,7H2. The van der Waals surface area contributed by atoms with Crippen LogP contribution in [0.15, 0.2) is 22.7 Å². The van der Waals surface area contributed by atoms with Crippen LogP contribution in [0.5, 0.6) is 0 Å². The average molecular weight is 336 g/mol. The number of anilines is 1. The molecule has 0 radical (unpaired) electrons. The third-order valence-electron chi connectivity index (χ3n) is 3.36. The lowest BCUT2D eigenvalue weighted by molar-refractivity contribution is -0.175. The third kappa shape index (κ3) is 3.29. The highest BCUT2D eigenvalue weighted by molar-refractivity contribution is 9.10. The predicted octanol–water partition coefficient (Wildman–Crippen LogP) is 4.04. The molecule has 1 saturated heterocycles. The van der Waals surface area contributed by atoms with E-state index < -0.39 is 12.1 Å². The zero-order valence-corrected chi connectivity index (χ0v) is 11.7. The molecule has 0 spiro atoms. The highest BCUT2D eigenvalue weighted by atomic mass is 79.9. The van der Waals surface area contributed by atoms with Gasteiger partial charge in [-0.3, -0.25) is 4.79 Å². The van der Waals surface area contributed by atoms with Crippen molar-refractivity contribution in [3.05, 3.63) is 28.2 Å². The molecule has 0 amide bonds. The first-order chi connectivity index (χ1) is 8.91. The minimum Gasteiger partial charge on any atom is -0.371 e. The average Bonchev–Trinajstić information content (AvgIpc) is 2.38. The summed E-state index contributed by atoms with van der Waals surface area (Å²) in [7, 11) is 0. The highest BCUT2D eigenvalue weighted by Gasteiger charge is 2.41. The van der Waals surface area contributed by atoms with E-state index in [0.717, 1.165) is 0 Å². The molecular formula is C13H13BrF3NO. The van der Waals surface area contributed by atoms with Crippen molar-refractivity contribution in [3.63, 3.8) is 0 Å². The lowest BCUT2D eigenvalue weighted by Crippen LogP contribution is -2.41. The van der Waals surface area contributed by atoms with Crippen molar-refractivity contribution in [2.75, 3.05) is 18.0 Å². The van der Waals surface area contributed by atoms with Gasteiger partial charge in [-0.1, -0.05) is 0 Å². The van der Waals surface area contributed by atoms with Gasteiger partial charge in [0.15, 0.2) is 6.29 Å². The van der Waals surface area contributed by atoms with Gasteiger partial charge in [0.25, 0.3) is 0 Å². The van der Waals surface area contributed by atoms with Crippen LogP contribution in [0.1, 0.15) is 23.2 Å². The van der Waals surface area contributed by atoms with Gasteiger partial charge in [-0.15, -0.1) is 0 Å². The molecule has 1 unspecified atom stereocenters. The quantitative estimate of drug-likeness (QED) is 0.760. The minimum absolute atomic E-state index is 0.0175. The molecular weight excluding hydrogens is 323 g/mol. The van der Waals surface area contributed by atoms with E-state index in [9.17, 15) is 18.0 Å². The molecule has 2 rings (SSSR count). The Balaban J connectivity index is 2.17. The van der Waals surface area contributed by atoms with Gasteiger partial charge in [-0.25, -0.2) is 0 Å². The Bertz CT molecular complexity index is 475. The first kappa shape index (κ1) is 14.4. The Kier molecular flexibility index (Phi) is 4.18. The number of hydrogen-bond acceptors (Lipinski definition) is 2. The Hall–Kier alpha value is -1.04. The van der Waals surface area contributed by atoms with E-state index in [0.29, 0.717) is 35.0 Å². The van der Waals surface area contributed by atoms with E-state index in [1.54, 1.807) is 23.1 Å². The van der Waals surface area contributed by atoms with Gasteiger partial charge in [0.2, 0.25) is 0 Å². The van der Waals surface area contributed by atoms with Crippen molar-refractivity contribution in [2.45, 2.75) is 19.0 Å². The number of rotatable bonds is 2. The van der Waals surface area contributed by atoms with Gasteiger partial charge in [-0.2, -0.15) is 13.2 Å². The van der Waals surface area contributed by atoms with Crippen LogP contribution in [0.25, 0.3) is 0 Å². The predicted molar refractivity (Wildman–Crippen MR) is 70.5 cm³/mol. The summed E-state index contributed by atoms with van der Waals surface area (Å²) >= 11 is 3.25. The Morgan fingerprint density at radius 3 is 2.68 bits per heavy atom. The SMILES string of the molecule is O=Cc1ccc(N2CCCC(C(F)(F)F)C2)cc1Br. The van der Waals surface area contributed by atoms with Crippen LogP contribution in [-0.2, 0) is 0 Å². The van der Waals surface area contributed by atoms with E-state index in [1.807, 2.05) is 0 Å². The van der Waals surface area contributed by atoms with Crippen molar-refractivity contribution in [2.24, 2.45) is 5.92 Å². The van der Waals surface area contributed by atoms with E-state index in [-0.39, 0.29) is 13.0 Å². The second kappa shape index (κ2) is 5.53. The van der Waals surface area contributed by atoms with Crippen molar-refractivity contribution in [1.82, 2.24) is 0 Å². The van der Waals surface area contributed by atoms with Crippen LogP contribution < -0.4 is 4.90 Å². The number of piperidine rings is 1. The van der Waals surface area contributed by atoms with Crippen molar-refractivity contribution < 1.29 is 18.0 Å². The fraction of sp³-hybridized carbons (Fsp3) is 0.462. The van der Waals surface area contributed by atoms with E-state index >= 15 is 0 Å². The van der Waals surface area contributed by atoms with Crippen LogP contribution in [-0.4, -0.2) is 25.6 Å². The van der Waals surface area contributed by atoms with E-state index in [2.05, 4.69) is 15.9 Å². The fourth-order valence-corrected chi connectivity index (χ4v) is 2.75. The fourth-order valence-electron chi connectivity index (χ4n) is 2.29. The van der Waals surface area contributed by atoms with Crippen LogP contribution in [0, 0.1) is 5.92 Å². The monoisotopic (exact) mass is 335 g/mol. The second-order valence-corrected chi connectivity index (χ2v) is 5.50. The van der Waals surface area contributed by atoms with Crippen molar-refractivity contribution >= 4 is 27.9 Å². The molecule has 2 nitrogen and oxygen atoms in total. The second-order valence-electron chi connectivity index (χ2n) is 4.65. The Labute approximate surface area is 117 Å². The summed E-state index contributed by atoms with van der Waals surface area (Å²) in [5.74, 6) is -1.27. The molecule has 1 fully saturated rings. The normalized spacial score (nSPS) is 20.4. The number of benzene rings is 1. The van der Waals surface area contributed by atoms with Gasteiger partial charge in [0.05, 0.1) is 5.92 Å². The number of carbonyl (C=O) groups excluding carboxylic acids is 1. The highest BCUT2D eigenvalue weighted by Crippen LogP contribution is 2.35. The number of aldehydes is 1. The molecule has 1 atom stereocenters. The van der Waals surface area contributed by atoms with Gasteiger partial charge in [0, 0.05) is 28.8 Å². The molecule has 1 aromatic carbocycles. The molecule has 1 aromatic rings. The number of carbonyl (C=O) groups is 1. The first-order valence-electron chi connectivity index (χ1n) is 5.98. The minimum atomic E-state index is -4.14. The smallest absolute Gasteiger partial charge is 0.371 e. The summed E-state index contributed by atoms with van der Waals surface area (Å²) in [6.07, 6.45) is -2.72. The Morgan fingerprint density at radius 1 is 1.37 bits per heavy atom. The summed E-state index contributed by atoms with van der Waals surface area (Å²) in [6.45, 7) is 0.593. The van der Waals surface area contributed by atoms with Crippen molar-refractivity contribution in [3.8, 4) is 0 Å². The lowest BCUT2D eigenvalue weighted by Gasteiger charge is -2.35. The summed E-state index contributed by atoms with van der Waals surface area (Å²) in [6, 6.07) is 5.00. The lowest BCUT2D eigenvalue weighted by atomic mass is 9.97. The molecule has 104 valence electrons. The molecule has 0 aromatic heterocycles. The molecule has 0 N–H and O–H groups in total. The molecule has 19 heavy (non-hydrogen) atoms.